The highest BCUT2D eigenvalue weighted by Gasteiger charge is 2.19. The number of nitrogens with zero attached hydrogens (tertiary/aromatic N) is 1. The molecule has 0 aliphatic rings. The fraction of sp³-hybridized carbons (Fsp3) is 0.647. The van der Waals surface area contributed by atoms with Gasteiger partial charge in [0.05, 0.1) is 0 Å². The zero-order valence-corrected chi connectivity index (χ0v) is 13.8. The van der Waals surface area contributed by atoms with Crippen LogP contribution in [0.2, 0.25) is 0 Å². The van der Waals surface area contributed by atoms with Crippen molar-refractivity contribution in [3.8, 4) is 5.75 Å². The summed E-state index contributed by atoms with van der Waals surface area (Å²) in [5, 5.41) is 13.6. The Morgan fingerprint density at radius 3 is 2.40 bits per heavy atom. The van der Waals surface area contributed by atoms with Crippen LogP contribution in [0.25, 0.3) is 0 Å². The van der Waals surface area contributed by atoms with Gasteiger partial charge in [0.1, 0.15) is 5.75 Å². The van der Waals surface area contributed by atoms with Crippen LogP contribution in [0.1, 0.15) is 38.3 Å². The van der Waals surface area contributed by atoms with Crippen molar-refractivity contribution in [3.63, 3.8) is 0 Å². The fourth-order valence-corrected chi connectivity index (χ4v) is 2.46. The van der Waals surface area contributed by atoms with E-state index in [0.717, 1.165) is 24.1 Å². The van der Waals surface area contributed by atoms with E-state index in [-0.39, 0.29) is 0 Å². The third kappa shape index (κ3) is 6.40. The summed E-state index contributed by atoms with van der Waals surface area (Å²) < 4.78 is 0. The average molecular weight is 278 g/mol. The average Bonchev–Trinajstić information content (AvgIpc) is 2.24. The smallest absolute Gasteiger partial charge is 0.120 e. The molecule has 1 aromatic carbocycles. The molecule has 3 nitrogen and oxygen atoms in total. The van der Waals surface area contributed by atoms with E-state index < -0.39 is 0 Å². The van der Waals surface area contributed by atoms with Gasteiger partial charge in [0.15, 0.2) is 0 Å². The van der Waals surface area contributed by atoms with Crippen molar-refractivity contribution >= 4 is 0 Å². The second-order valence-electron chi connectivity index (χ2n) is 7.24. The Morgan fingerprint density at radius 2 is 1.90 bits per heavy atom. The molecule has 0 amide bonds. The van der Waals surface area contributed by atoms with Crippen molar-refractivity contribution in [2.75, 3.05) is 20.6 Å². The van der Waals surface area contributed by atoms with Gasteiger partial charge >= 0.3 is 0 Å². The molecular formula is C17H30N2O. The van der Waals surface area contributed by atoms with Crippen LogP contribution in [-0.2, 0) is 6.54 Å². The van der Waals surface area contributed by atoms with Gasteiger partial charge < -0.3 is 15.3 Å². The van der Waals surface area contributed by atoms with Gasteiger partial charge in [-0.05, 0) is 44.5 Å². The summed E-state index contributed by atoms with van der Waals surface area (Å²) in [6.07, 6.45) is 1.11. The standard InChI is InChI=1S/C17H30N2O/c1-13-7-8-14(16(20)9-13)11-18-15(12-19(5)6)10-17(2,3)4/h7-9,15,18,20H,10-12H2,1-6H3/t15-/m0/s1. The molecule has 0 spiro atoms. The molecule has 3 heteroatoms. The van der Waals surface area contributed by atoms with Gasteiger partial charge in [0.25, 0.3) is 0 Å². The zero-order chi connectivity index (χ0) is 15.3. The Bertz CT molecular complexity index is 421. The summed E-state index contributed by atoms with van der Waals surface area (Å²) in [6, 6.07) is 6.29. The molecule has 0 heterocycles. The number of likely N-dealkylation sites (N-methyl/N-ethyl adjacent to an activating group) is 1. The Hall–Kier alpha value is -1.06. The van der Waals surface area contributed by atoms with Crippen LogP contribution >= 0.6 is 0 Å². The van der Waals surface area contributed by atoms with Crippen molar-refractivity contribution in [2.45, 2.75) is 46.7 Å². The molecule has 0 fully saturated rings. The third-order valence-corrected chi connectivity index (χ3v) is 3.27. The summed E-state index contributed by atoms with van der Waals surface area (Å²) in [5.74, 6) is 0.386. The van der Waals surface area contributed by atoms with Crippen LogP contribution in [0.4, 0.5) is 0 Å². The highest BCUT2D eigenvalue weighted by Crippen LogP contribution is 2.22. The quantitative estimate of drug-likeness (QED) is 0.839. The van der Waals surface area contributed by atoms with E-state index in [0.29, 0.717) is 23.8 Å². The number of nitrogens with one attached hydrogen (secondary N) is 1. The zero-order valence-electron chi connectivity index (χ0n) is 13.8. The molecule has 0 aromatic heterocycles. The first kappa shape index (κ1) is 17.0. The predicted molar refractivity (Wildman–Crippen MR) is 86.1 cm³/mol. The van der Waals surface area contributed by atoms with Crippen LogP contribution in [0.3, 0.4) is 0 Å². The SMILES string of the molecule is Cc1ccc(CN[C@H](CN(C)C)CC(C)(C)C)c(O)c1. The Labute approximate surface area is 124 Å². The van der Waals surface area contributed by atoms with Crippen molar-refractivity contribution in [3.05, 3.63) is 29.3 Å². The van der Waals surface area contributed by atoms with Crippen LogP contribution in [0.15, 0.2) is 18.2 Å². The molecule has 1 atom stereocenters. The summed E-state index contributed by atoms with van der Waals surface area (Å²) in [5.41, 5.74) is 2.35. The molecule has 0 unspecified atom stereocenters. The van der Waals surface area contributed by atoms with Gasteiger partial charge in [-0.3, -0.25) is 0 Å². The summed E-state index contributed by atoms with van der Waals surface area (Å²) in [7, 11) is 4.20. The Balaban J connectivity index is 2.65. The second kappa shape index (κ2) is 7.09. The predicted octanol–water partition coefficient (Wildman–Crippen LogP) is 3.16. The lowest BCUT2D eigenvalue weighted by Crippen LogP contribution is -2.40. The van der Waals surface area contributed by atoms with E-state index in [1.54, 1.807) is 0 Å². The number of aromatic hydroxyl groups is 1. The number of benzene rings is 1. The highest BCUT2D eigenvalue weighted by atomic mass is 16.3. The molecule has 0 saturated heterocycles. The number of hydrogen-bond acceptors (Lipinski definition) is 3. The first-order valence-electron chi connectivity index (χ1n) is 7.34. The van der Waals surface area contributed by atoms with E-state index in [4.69, 9.17) is 0 Å². The molecule has 20 heavy (non-hydrogen) atoms. The monoisotopic (exact) mass is 278 g/mol. The number of phenols is 1. The third-order valence-electron chi connectivity index (χ3n) is 3.27. The van der Waals surface area contributed by atoms with Crippen molar-refractivity contribution < 1.29 is 5.11 Å². The maximum absolute atomic E-state index is 9.97. The van der Waals surface area contributed by atoms with E-state index in [9.17, 15) is 5.11 Å². The van der Waals surface area contributed by atoms with E-state index >= 15 is 0 Å². The van der Waals surface area contributed by atoms with E-state index in [1.807, 2.05) is 25.1 Å². The minimum Gasteiger partial charge on any atom is -0.508 e. The highest BCUT2D eigenvalue weighted by molar-refractivity contribution is 5.35. The van der Waals surface area contributed by atoms with E-state index in [2.05, 4.69) is 45.1 Å². The van der Waals surface area contributed by atoms with Gasteiger partial charge in [-0.2, -0.15) is 0 Å². The van der Waals surface area contributed by atoms with Crippen molar-refractivity contribution in [1.29, 1.82) is 0 Å². The molecule has 0 saturated carbocycles. The molecule has 0 aliphatic carbocycles. The van der Waals surface area contributed by atoms with Crippen molar-refractivity contribution in [1.82, 2.24) is 10.2 Å². The molecule has 0 bridgehead atoms. The molecular weight excluding hydrogens is 248 g/mol. The van der Waals surface area contributed by atoms with Gasteiger partial charge in [-0.15, -0.1) is 0 Å². The Morgan fingerprint density at radius 1 is 1.25 bits per heavy atom. The van der Waals surface area contributed by atoms with Crippen LogP contribution in [0, 0.1) is 12.3 Å². The summed E-state index contributed by atoms with van der Waals surface area (Å²) in [6.45, 7) is 10.5. The first-order valence-corrected chi connectivity index (χ1v) is 7.34. The van der Waals surface area contributed by atoms with Crippen molar-refractivity contribution in [2.24, 2.45) is 5.41 Å². The summed E-state index contributed by atoms with van der Waals surface area (Å²) >= 11 is 0. The second-order valence-corrected chi connectivity index (χ2v) is 7.24. The molecule has 1 rings (SSSR count). The molecule has 114 valence electrons. The number of phenolic OH excluding ortho intramolecular Hbond substituents is 1. The lowest BCUT2D eigenvalue weighted by Gasteiger charge is -2.29. The van der Waals surface area contributed by atoms with Crippen LogP contribution < -0.4 is 5.32 Å². The number of hydrogen-bond donors (Lipinski definition) is 2. The lowest BCUT2D eigenvalue weighted by atomic mass is 9.88. The summed E-state index contributed by atoms with van der Waals surface area (Å²) in [4.78, 5) is 2.21. The number of rotatable bonds is 6. The van der Waals surface area contributed by atoms with Gasteiger partial charge in [-0.1, -0.05) is 32.9 Å². The largest absolute Gasteiger partial charge is 0.508 e. The normalized spacial score (nSPS) is 13.8. The molecule has 0 aliphatic heterocycles. The molecule has 1 aromatic rings. The molecule has 0 radical (unpaired) electrons. The lowest BCUT2D eigenvalue weighted by molar-refractivity contribution is 0.255. The van der Waals surface area contributed by atoms with Gasteiger partial charge in [0.2, 0.25) is 0 Å². The minimum atomic E-state index is 0.295. The molecule has 2 N–H and O–H groups in total. The maximum Gasteiger partial charge on any atom is 0.120 e. The Kier molecular flexibility index (Phi) is 6.03. The van der Waals surface area contributed by atoms with Crippen LogP contribution in [-0.4, -0.2) is 36.7 Å². The maximum atomic E-state index is 9.97. The minimum absolute atomic E-state index is 0.295. The van der Waals surface area contributed by atoms with Gasteiger partial charge in [0, 0.05) is 24.7 Å². The van der Waals surface area contributed by atoms with E-state index in [1.165, 1.54) is 0 Å². The first-order chi connectivity index (χ1) is 9.17. The fourth-order valence-electron chi connectivity index (χ4n) is 2.46. The topological polar surface area (TPSA) is 35.5 Å². The van der Waals surface area contributed by atoms with Gasteiger partial charge in [-0.25, -0.2) is 0 Å². The van der Waals surface area contributed by atoms with Crippen LogP contribution in [0.5, 0.6) is 5.75 Å². The number of aryl methyl sites for hydroxylation is 1.